The fraction of sp³-hybridized carbons (Fsp3) is 0.545. The molecule has 6 heteroatoms. The van der Waals surface area contributed by atoms with E-state index in [1.165, 1.54) is 14.2 Å². The van der Waals surface area contributed by atoms with Crippen LogP contribution in [-0.4, -0.2) is 39.2 Å². The van der Waals surface area contributed by atoms with Gasteiger partial charge in [0.25, 0.3) is 0 Å². The molecule has 0 radical (unpaired) electrons. The number of halogens is 1. The van der Waals surface area contributed by atoms with Gasteiger partial charge in [0.1, 0.15) is 11.5 Å². The maximum Gasteiger partial charge on any atom is 0.312 e. The molecular weight excluding hydrogens is 380 g/mol. The molecule has 1 saturated carbocycles. The molecule has 1 aromatic carbocycles. The average Bonchev–Trinajstić information content (AvgIpc) is 3.10. The van der Waals surface area contributed by atoms with E-state index in [0.717, 1.165) is 6.42 Å². The molecule has 1 aliphatic carbocycles. The number of rotatable bonds is 9. The van der Waals surface area contributed by atoms with Crippen molar-refractivity contribution in [1.82, 2.24) is 0 Å². The summed E-state index contributed by atoms with van der Waals surface area (Å²) in [6.07, 6.45) is 7.65. The van der Waals surface area contributed by atoms with E-state index in [-0.39, 0.29) is 30.5 Å². The predicted molar refractivity (Wildman–Crippen MR) is 108 cm³/mol. The first kappa shape index (κ1) is 22.3. The normalized spacial score (nSPS) is 21.2. The van der Waals surface area contributed by atoms with Crippen LogP contribution in [-0.2, 0) is 25.5 Å². The number of ketones is 1. The molecular formula is C22H27ClO5. The van der Waals surface area contributed by atoms with Crippen LogP contribution in [0.2, 0.25) is 5.02 Å². The molecule has 1 aliphatic rings. The molecule has 0 amide bonds. The van der Waals surface area contributed by atoms with Crippen molar-refractivity contribution in [2.24, 2.45) is 11.3 Å². The summed E-state index contributed by atoms with van der Waals surface area (Å²) in [5.74, 6) is 2.81. The van der Waals surface area contributed by atoms with Gasteiger partial charge in [-0.1, -0.05) is 17.5 Å². The zero-order chi connectivity index (χ0) is 20.7. The molecule has 0 spiro atoms. The second kappa shape index (κ2) is 9.95. The molecule has 0 aromatic heterocycles. The number of benzene rings is 1. The molecule has 2 atom stereocenters. The van der Waals surface area contributed by atoms with Crippen LogP contribution in [0.5, 0.6) is 5.75 Å². The lowest BCUT2D eigenvalue weighted by atomic mass is 9.79. The number of hydrogen-bond acceptors (Lipinski definition) is 5. The van der Waals surface area contributed by atoms with Crippen LogP contribution < -0.4 is 4.74 Å². The summed E-state index contributed by atoms with van der Waals surface area (Å²) in [6.45, 7) is 3.16. The van der Waals surface area contributed by atoms with E-state index < -0.39 is 5.41 Å². The van der Waals surface area contributed by atoms with E-state index in [9.17, 15) is 9.59 Å². The summed E-state index contributed by atoms with van der Waals surface area (Å²) in [5.41, 5.74) is 0.363. The van der Waals surface area contributed by atoms with Gasteiger partial charge in [0, 0.05) is 42.2 Å². The van der Waals surface area contributed by atoms with Crippen LogP contribution in [0.25, 0.3) is 0 Å². The fourth-order valence-corrected chi connectivity index (χ4v) is 4.26. The Morgan fingerprint density at radius 1 is 1.36 bits per heavy atom. The molecule has 0 bridgehead atoms. The van der Waals surface area contributed by atoms with E-state index in [2.05, 4.69) is 5.92 Å². The second-order valence-electron chi connectivity index (χ2n) is 7.22. The van der Waals surface area contributed by atoms with Crippen molar-refractivity contribution in [3.05, 3.63) is 28.3 Å². The molecule has 0 saturated heterocycles. The second-order valence-corrected chi connectivity index (χ2v) is 7.62. The van der Waals surface area contributed by atoms with Gasteiger partial charge in [0.2, 0.25) is 0 Å². The minimum atomic E-state index is -0.800. The van der Waals surface area contributed by atoms with E-state index >= 15 is 0 Å². The van der Waals surface area contributed by atoms with Gasteiger partial charge in [-0.05, 0) is 44.2 Å². The molecule has 0 N–H and O–H groups in total. The molecule has 1 aromatic rings. The van der Waals surface area contributed by atoms with Gasteiger partial charge in [0.05, 0.1) is 19.6 Å². The van der Waals surface area contributed by atoms with E-state index in [1.807, 2.05) is 6.92 Å². The van der Waals surface area contributed by atoms with Gasteiger partial charge in [0.15, 0.2) is 0 Å². The van der Waals surface area contributed by atoms with Gasteiger partial charge in [-0.3, -0.25) is 9.59 Å². The zero-order valence-corrected chi connectivity index (χ0v) is 17.4. The Bertz CT molecular complexity index is 767. The van der Waals surface area contributed by atoms with Crippen LogP contribution in [0.1, 0.15) is 43.7 Å². The smallest absolute Gasteiger partial charge is 0.312 e. The Labute approximate surface area is 171 Å². The van der Waals surface area contributed by atoms with Crippen LogP contribution in [0.15, 0.2) is 12.1 Å². The first-order valence-electron chi connectivity index (χ1n) is 9.40. The highest BCUT2D eigenvalue weighted by molar-refractivity contribution is 6.32. The number of ether oxygens (including phenoxy) is 3. The lowest BCUT2D eigenvalue weighted by Crippen LogP contribution is -2.33. The first-order chi connectivity index (χ1) is 13.4. The summed E-state index contributed by atoms with van der Waals surface area (Å²) in [7, 11) is 2.87. The Morgan fingerprint density at radius 2 is 2.11 bits per heavy atom. The standard InChI is InChI=1S/C22H27ClO5/c1-5-15-9-19(23)18(20(10-15)26-3)11-17(24)13-22(21(25)27-4)8-7-16(12-22)14-28-6-2/h1,9-10,16H,6-8,11-14H2,2-4H3. The van der Waals surface area contributed by atoms with Gasteiger partial charge >= 0.3 is 5.97 Å². The number of terminal acetylenes is 1. The van der Waals surface area contributed by atoms with Crippen molar-refractivity contribution < 1.29 is 23.8 Å². The van der Waals surface area contributed by atoms with Crippen LogP contribution in [0.3, 0.4) is 0 Å². The maximum atomic E-state index is 12.9. The zero-order valence-electron chi connectivity index (χ0n) is 16.7. The molecule has 28 heavy (non-hydrogen) atoms. The topological polar surface area (TPSA) is 61.8 Å². The molecule has 1 fully saturated rings. The minimum Gasteiger partial charge on any atom is -0.496 e. The first-order valence-corrected chi connectivity index (χ1v) is 9.77. The summed E-state index contributed by atoms with van der Waals surface area (Å²) in [6, 6.07) is 3.31. The van der Waals surface area contributed by atoms with E-state index in [1.54, 1.807) is 12.1 Å². The largest absolute Gasteiger partial charge is 0.496 e. The van der Waals surface area contributed by atoms with Crippen LogP contribution in [0, 0.1) is 23.7 Å². The van der Waals surface area contributed by atoms with E-state index in [4.69, 9.17) is 32.2 Å². The molecule has 2 unspecified atom stereocenters. The maximum absolute atomic E-state index is 12.9. The summed E-state index contributed by atoms with van der Waals surface area (Å²) >= 11 is 6.32. The number of carbonyl (C=O) groups excluding carboxylic acids is 2. The lowest BCUT2D eigenvalue weighted by Gasteiger charge is -2.26. The fourth-order valence-electron chi connectivity index (χ4n) is 3.98. The summed E-state index contributed by atoms with van der Waals surface area (Å²) in [5, 5.41) is 0.383. The predicted octanol–water partition coefficient (Wildman–Crippen LogP) is 3.83. The third-order valence-corrected chi connectivity index (χ3v) is 5.67. The number of carbonyl (C=O) groups is 2. The average molecular weight is 407 g/mol. The van der Waals surface area contributed by atoms with Crippen molar-refractivity contribution in [3.63, 3.8) is 0 Å². The minimum absolute atomic E-state index is 0.0712. The van der Waals surface area contributed by atoms with Gasteiger partial charge < -0.3 is 14.2 Å². The Kier molecular flexibility index (Phi) is 7.91. The molecule has 152 valence electrons. The van der Waals surface area contributed by atoms with Gasteiger partial charge in [-0.15, -0.1) is 6.42 Å². The third-order valence-electron chi connectivity index (χ3n) is 5.34. The summed E-state index contributed by atoms with van der Waals surface area (Å²) in [4.78, 5) is 25.4. The van der Waals surface area contributed by atoms with E-state index in [0.29, 0.717) is 48.0 Å². The lowest BCUT2D eigenvalue weighted by molar-refractivity contribution is -0.155. The van der Waals surface area contributed by atoms with Gasteiger partial charge in [-0.2, -0.15) is 0 Å². The highest BCUT2D eigenvalue weighted by Crippen LogP contribution is 2.46. The number of methoxy groups -OCH3 is 2. The van der Waals surface area contributed by atoms with Crippen molar-refractivity contribution in [1.29, 1.82) is 0 Å². The molecule has 0 heterocycles. The SMILES string of the molecule is C#Cc1cc(Cl)c(CC(=O)CC2(C(=O)OC)CCC(COCC)C2)c(OC)c1. The van der Waals surface area contributed by atoms with Crippen molar-refractivity contribution in [3.8, 4) is 18.1 Å². The number of Topliss-reactive ketones (excluding diaryl/α,β-unsaturated/α-hetero) is 1. The Morgan fingerprint density at radius 3 is 2.71 bits per heavy atom. The monoisotopic (exact) mass is 406 g/mol. The third kappa shape index (κ3) is 5.06. The Hall–Kier alpha value is -2.03. The molecule has 5 nitrogen and oxygen atoms in total. The summed E-state index contributed by atoms with van der Waals surface area (Å²) < 4.78 is 15.9. The number of esters is 1. The highest BCUT2D eigenvalue weighted by atomic mass is 35.5. The van der Waals surface area contributed by atoms with Crippen LogP contribution >= 0.6 is 11.6 Å². The van der Waals surface area contributed by atoms with Crippen LogP contribution in [0.4, 0.5) is 0 Å². The highest BCUT2D eigenvalue weighted by Gasteiger charge is 2.47. The quantitative estimate of drug-likeness (QED) is 0.460. The van der Waals surface area contributed by atoms with Crippen molar-refractivity contribution in [2.45, 2.75) is 39.0 Å². The van der Waals surface area contributed by atoms with Crippen molar-refractivity contribution >= 4 is 23.4 Å². The Balaban J connectivity index is 2.18. The van der Waals surface area contributed by atoms with Gasteiger partial charge in [-0.25, -0.2) is 0 Å². The molecule has 2 rings (SSSR count). The molecule has 0 aliphatic heterocycles. The van der Waals surface area contributed by atoms with Crippen molar-refractivity contribution in [2.75, 3.05) is 27.4 Å². The number of hydrogen-bond donors (Lipinski definition) is 0.